The first-order valence-corrected chi connectivity index (χ1v) is 8.52. The van der Waals surface area contributed by atoms with Crippen LogP contribution >= 0.6 is 125 Å². The van der Waals surface area contributed by atoms with Crippen molar-refractivity contribution in [2.45, 2.75) is 0 Å². The predicted molar refractivity (Wildman–Crippen MR) is 104 cm³/mol. The normalized spacial score (nSPS) is 9.67. The monoisotopic (exact) mass is 787 g/mol. The Morgan fingerprint density at radius 3 is 1.33 bits per heavy atom. The molecule has 0 bridgehead atoms. The van der Waals surface area contributed by atoms with Crippen molar-refractivity contribution in [3.63, 3.8) is 0 Å². The molecular formula is C7H2ClI5O2. The standard InChI is InChI=1S/C7HI5O2.ClH/c8-2-1(7(13)14)3(9)5(11)6(12)4(2)10;/h(H,13,14);1H. The second-order valence-electron chi connectivity index (χ2n) is 2.25. The van der Waals surface area contributed by atoms with Gasteiger partial charge in [-0.2, -0.15) is 0 Å². The van der Waals surface area contributed by atoms with E-state index in [1.807, 2.05) is 0 Å². The van der Waals surface area contributed by atoms with Crippen LogP contribution in [-0.2, 0) is 0 Å². The molecule has 0 fully saturated rings. The van der Waals surface area contributed by atoms with Crippen molar-refractivity contribution in [2.24, 2.45) is 0 Å². The maximum atomic E-state index is 11.0. The number of aromatic carboxylic acids is 1. The van der Waals surface area contributed by atoms with Gasteiger partial charge in [0.05, 0.1) is 5.56 Å². The number of hydrogen-bond donors (Lipinski definition) is 1. The largest absolute Gasteiger partial charge is 0.478 e. The summed E-state index contributed by atoms with van der Waals surface area (Å²) in [5.74, 6) is -0.856. The van der Waals surface area contributed by atoms with E-state index in [0.29, 0.717) is 5.56 Å². The molecule has 0 unspecified atom stereocenters. The van der Waals surface area contributed by atoms with E-state index in [1.165, 1.54) is 0 Å². The zero-order chi connectivity index (χ0) is 11.0. The van der Waals surface area contributed by atoms with Gasteiger partial charge in [-0.15, -0.1) is 12.4 Å². The van der Waals surface area contributed by atoms with Gasteiger partial charge in [0.25, 0.3) is 0 Å². The highest BCUT2D eigenvalue weighted by atomic mass is 127. The van der Waals surface area contributed by atoms with Crippen molar-refractivity contribution in [3.05, 3.63) is 23.4 Å². The van der Waals surface area contributed by atoms with E-state index in [9.17, 15) is 4.79 Å². The molecule has 1 aromatic rings. The summed E-state index contributed by atoms with van der Waals surface area (Å²) >= 11 is 10.8. The summed E-state index contributed by atoms with van der Waals surface area (Å²) in [5.41, 5.74) is 0.417. The van der Waals surface area contributed by atoms with E-state index in [2.05, 4.69) is 113 Å². The minimum Gasteiger partial charge on any atom is -0.478 e. The topological polar surface area (TPSA) is 37.3 Å². The van der Waals surface area contributed by atoms with Crippen molar-refractivity contribution >= 4 is 131 Å². The third-order valence-corrected chi connectivity index (χ3v) is 10.9. The van der Waals surface area contributed by atoms with E-state index in [1.54, 1.807) is 0 Å². The summed E-state index contributed by atoms with van der Waals surface area (Å²) in [7, 11) is 0. The van der Waals surface area contributed by atoms with Gasteiger partial charge in [-0.25, -0.2) is 4.79 Å². The van der Waals surface area contributed by atoms with Gasteiger partial charge in [-0.05, 0) is 113 Å². The first kappa shape index (κ1) is 17.6. The number of hydrogen-bond acceptors (Lipinski definition) is 1. The van der Waals surface area contributed by atoms with Crippen LogP contribution in [0.5, 0.6) is 0 Å². The molecule has 0 aliphatic carbocycles. The Bertz CT molecular complexity index is 391. The maximum absolute atomic E-state index is 11.0. The third kappa shape index (κ3) is 3.79. The number of halogens is 6. The molecule has 0 heterocycles. The molecule has 0 atom stereocenters. The summed E-state index contributed by atoms with van der Waals surface area (Å²) < 4.78 is 4.81. The van der Waals surface area contributed by atoms with Crippen LogP contribution < -0.4 is 0 Å². The highest BCUT2D eigenvalue weighted by molar-refractivity contribution is 14.1. The fourth-order valence-electron chi connectivity index (χ4n) is 0.793. The molecule has 0 spiro atoms. The number of rotatable bonds is 1. The molecule has 1 N–H and O–H groups in total. The van der Waals surface area contributed by atoms with Crippen LogP contribution in [0.1, 0.15) is 10.4 Å². The SMILES string of the molecule is Cl.O=C(O)c1c(I)c(I)c(I)c(I)c1I. The van der Waals surface area contributed by atoms with Gasteiger partial charge in [-0.3, -0.25) is 0 Å². The van der Waals surface area contributed by atoms with Gasteiger partial charge >= 0.3 is 5.97 Å². The minimum atomic E-state index is -0.856. The lowest BCUT2D eigenvalue weighted by Crippen LogP contribution is -2.08. The Balaban J connectivity index is 0.00000196. The maximum Gasteiger partial charge on any atom is 0.337 e. The zero-order valence-electron chi connectivity index (χ0n) is 6.65. The Morgan fingerprint density at radius 2 is 1.07 bits per heavy atom. The predicted octanol–water partition coefficient (Wildman–Crippen LogP) is 4.83. The van der Waals surface area contributed by atoms with Gasteiger partial charge in [0.2, 0.25) is 0 Å². The fraction of sp³-hybridized carbons (Fsp3) is 0. The smallest absolute Gasteiger partial charge is 0.337 e. The minimum absolute atomic E-state index is 0. The zero-order valence-corrected chi connectivity index (χ0v) is 18.3. The molecule has 2 nitrogen and oxygen atoms in total. The first-order chi connectivity index (χ1) is 6.37. The molecule has 8 heteroatoms. The summed E-state index contributed by atoms with van der Waals surface area (Å²) in [6.45, 7) is 0. The van der Waals surface area contributed by atoms with Crippen LogP contribution in [-0.4, -0.2) is 11.1 Å². The molecule has 0 aliphatic rings. The summed E-state index contributed by atoms with van der Waals surface area (Å²) in [4.78, 5) is 11.0. The van der Waals surface area contributed by atoms with Crippen LogP contribution in [0.25, 0.3) is 0 Å². The van der Waals surface area contributed by atoms with Gasteiger partial charge < -0.3 is 5.11 Å². The number of carbonyl (C=O) groups is 1. The highest BCUT2D eigenvalue weighted by Crippen LogP contribution is 2.33. The molecule has 0 saturated heterocycles. The van der Waals surface area contributed by atoms with Crippen molar-refractivity contribution in [1.29, 1.82) is 0 Å². The molecule has 0 aliphatic heterocycles. The van der Waals surface area contributed by atoms with Crippen molar-refractivity contribution in [2.75, 3.05) is 0 Å². The number of carboxylic acids is 1. The lowest BCUT2D eigenvalue weighted by atomic mass is 10.2. The van der Waals surface area contributed by atoms with Crippen LogP contribution in [0.2, 0.25) is 0 Å². The van der Waals surface area contributed by atoms with Crippen molar-refractivity contribution in [3.8, 4) is 0 Å². The molecule has 0 saturated carbocycles. The fourth-order valence-corrected chi connectivity index (χ4v) is 6.02. The van der Waals surface area contributed by atoms with E-state index in [-0.39, 0.29) is 12.4 Å². The Labute approximate surface area is 161 Å². The van der Waals surface area contributed by atoms with E-state index in [4.69, 9.17) is 5.11 Å². The van der Waals surface area contributed by atoms with E-state index in [0.717, 1.165) is 17.9 Å². The molecule has 1 rings (SSSR count). The number of carboxylic acid groups (broad SMARTS) is 1. The molecule has 1 aromatic carbocycles. The summed E-state index contributed by atoms with van der Waals surface area (Å²) in [6.07, 6.45) is 0. The summed E-state index contributed by atoms with van der Waals surface area (Å²) in [5, 5.41) is 9.07. The van der Waals surface area contributed by atoms with E-state index < -0.39 is 5.97 Å². The number of benzene rings is 1. The molecule has 15 heavy (non-hydrogen) atoms. The lowest BCUT2D eigenvalue weighted by molar-refractivity contribution is 0.0694. The third-order valence-electron chi connectivity index (χ3n) is 1.42. The lowest BCUT2D eigenvalue weighted by Gasteiger charge is -2.10. The van der Waals surface area contributed by atoms with Crippen molar-refractivity contribution in [1.82, 2.24) is 0 Å². The van der Waals surface area contributed by atoms with Gasteiger partial charge in [-0.1, -0.05) is 0 Å². The average Bonchev–Trinajstić information content (AvgIpc) is 2.11. The van der Waals surface area contributed by atoms with Gasteiger partial charge in [0.15, 0.2) is 0 Å². The van der Waals surface area contributed by atoms with E-state index >= 15 is 0 Å². The Morgan fingerprint density at radius 1 is 0.800 bits per heavy atom. The second-order valence-corrected chi connectivity index (χ2v) is 7.64. The summed E-state index contributed by atoms with van der Waals surface area (Å²) in [6, 6.07) is 0. The van der Waals surface area contributed by atoms with Crippen molar-refractivity contribution < 1.29 is 9.90 Å². The molecule has 0 amide bonds. The van der Waals surface area contributed by atoms with Gasteiger partial charge in [0.1, 0.15) is 0 Å². The average molecular weight is 788 g/mol. The van der Waals surface area contributed by atoms with Crippen LogP contribution in [0.15, 0.2) is 0 Å². The Hall–Kier alpha value is 2.63. The molecule has 0 radical (unpaired) electrons. The van der Waals surface area contributed by atoms with Crippen LogP contribution in [0, 0.1) is 17.9 Å². The highest BCUT2D eigenvalue weighted by Gasteiger charge is 2.21. The molecule has 84 valence electrons. The Kier molecular flexibility index (Phi) is 8.55. The quantitative estimate of drug-likeness (QED) is 0.252. The van der Waals surface area contributed by atoms with Gasteiger partial charge in [0, 0.05) is 17.9 Å². The van der Waals surface area contributed by atoms with Crippen LogP contribution in [0.4, 0.5) is 0 Å². The first-order valence-electron chi connectivity index (χ1n) is 3.12. The second kappa shape index (κ2) is 7.28. The molecular weight excluding hydrogens is 786 g/mol. The van der Waals surface area contributed by atoms with Crippen LogP contribution in [0.3, 0.4) is 0 Å². The molecule has 0 aromatic heterocycles.